The molecular weight excluding hydrogens is 235 g/mol. The fourth-order valence-electron chi connectivity index (χ4n) is 2.88. The Kier molecular flexibility index (Phi) is 2.59. The van der Waals surface area contributed by atoms with E-state index in [0.717, 1.165) is 23.8 Å². The van der Waals surface area contributed by atoms with E-state index in [9.17, 15) is 4.39 Å². The smallest absolute Gasteiger partial charge is 0.131 e. The van der Waals surface area contributed by atoms with Crippen molar-refractivity contribution in [3.05, 3.63) is 47.3 Å². The lowest BCUT2D eigenvalue weighted by Gasteiger charge is -2.28. The summed E-state index contributed by atoms with van der Waals surface area (Å²) in [4.78, 5) is 0. The van der Waals surface area contributed by atoms with Crippen molar-refractivity contribution < 1.29 is 4.39 Å². The maximum absolute atomic E-state index is 14.0. The van der Waals surface area contributed by atoms with Crippen LogP contribution in [-0.2, 0) is 0 Å². The number of benzene rings is 2. The van der Waals surface area contributed by atoms with Gasteiger partial charge in [-0.05, 0) is 41.3 Å². The van der Waals surface area contributed by atoms with E-state index in [1.165, 1.54) is 5.56 Å². The first-order valence-corrected chi connectivity index (χ1v) is 6.47. The van der Waals surface area contributed by atoms with Gasteiger partial charge in [-0.15, -0.1) is 11.6 Å². The van der Waals surface area contributed by atoms with Gasteiger partial charge in [-0.3, -0.25) is 0 Å². The second kappa shape index (κ2) is 3.99. The topological polar surface area (TPSA) is 0 Å². The molecule has 1 aliphatic rings. The molecule has 2 atom stereocenters. The van der Waals surface area contributed by atoms with E-state index < -0.39 is 0 Å². The van der Waals surface area contributed by atoms with Gasteiger partial charge in [0.15, 0.2) is 0 Å². The number of alkyl halides is 1. The van der Waals surface area contributed by atoms with Crippen molar-refractivity contribution in [2.24, 2.45) is 0 Å². The van der Waals surface area contributed by atoms with Gasteiger partial charge >= 0.3 is 0 Å². The lowest BCUT2D eigenvalue weighted by Crippen LogP contribution is -2.10. The molecule has 0 bridgehead atoms. The van der Waals surface area contributed by atoms with Crippen LogP contribution < -0.4 is 0 Å². The third kappa shape index (κ3) is 1.64. The van der Waals surface area contributed by atoms with Crippen molar-refractivity contribution in [1.82, 2.24) is 0 Å². The normalized spacial score (nSPS) is 23.7. The van der Waals surface area contributed by atoms with Crippen molar-refractivity contribution >= 4 is 22.4 Å². The molecular formula is C15H14ClF. The summed E-state index contributed by atoms with van der Waals surface area (Å²) in [5, 5.41) is 1.70. The van der Waals surface area contributed by atoms with E-state index in [2.05, 4.69) is 6.92 Å². The number of fused-ring (bicyclic) bond motifs is 3. The molecule has 88 valence electrons. The fourth-order valence-corrected chi connectivity index (χ4v) is 3.19. The average Bonchev–Trinajstić information content (AvgIpc) is 2.34. The van der Waals surface area contributed by atoms with Crippen LogP contribution in [0, 0.1) is 5.82 Å². The van der Waals surface area contributed by atoms with Gasteiger partial charge in [0.1, 0.15) is 5.82 Å². The number of halogens is 2. The van der Waals surface area contributed by atoms with Crippen molar-refractivity contribution in [2.45, 2.75) is 31.1 Å². The minimum absolute atomic E-state index is 0.0414. The molecule has 1 aliphatic carbocycles. The van der Waals surface area contributed by atoms with Crippen LogP contribution in [-0.4, -0.2) is 0 Å². The Labute approximate surface area is 105 Å². The molecule has 0 nitrogen and oxygen atoms in total. The molecule has 0 radical (unpaired) electrons. The summed E-state index contributed by atoms with van der Waals surface area (Å²) in [7, 11) is 0. The van der Waals surface area contributed by atoms with Crippen molar-refractivity contribution in [3.8, 4) is 0 Å². The van der Waals surface area contributed by atoms with Crippen LogP contribution in [0.2, 0.25) is 0 Å². The Bertz CT molecular complexity index is 576. The monoisotopic (exact) mass is 248 g/mol. The maximum Gasteiger partial charge on any atom is 0.131 e. The number of hydrogen-bond donors (Lipinski definition) is 0. The summed E-state index contributed by atoms with van der Waals surface area (Å²) in [6.45, 7) is 2.20. The molecule has 0 amide bonds. The van der Waals surface area contributed by atoms with E-state index >= 15 is 0 Å². The van der Waals surface area contributed by atoms with Crippen LogP contribution in [0.4, 0.5) is 4.39 Å². The predicted molar refractivity (Wildman–Crippen MR) is 70.1 cm³/mol. The molecule has 2 aromatic rings. The van der Waals surface area contributed by atoms with Gasteiger partial charge in [-0.2, -0.15) is 0 Å². The maximum atomic E-state index is 14.0. The Morgan fingerprint density at radius 2 is 1.88 bits per heavy atom. The molecule has 2 heteroatoms. The van der Waals surface area contributed by atoms with Crippen LogP contribution in [0.1, 0.15) is 42.2 Å². The zero-order chi connectivity index (χ0) is 12.0. The molecule has 2 unspecified atom stereocenters. The van der Waals surface area contributed by atoms with Crippen LogP contribution in [0.15, 0.2) is 30.3 Å². The van der Waals surface area contributed by atoms with E-state index in [-0.39, 0.29) is 11.2 Å². The second-order valence-corrected chi connectivity index (χ2v) is 5.38. The zero-order valence-electron chi connectivity index (χ0n) is 9.71. The lowest BCUT2D eigenvalue weighted by molar-refractivity contribution is 0.574. The molecule has 0 fully saturated rings. The molecule has 0 aromatic heterocycles. The Morgan fingerprint density at radius 1 is 1.18 bits per heavy atom. The largest absolute Gasteiger partial charge is 0.206 e. The van der Waals surface area contributed by atoms with E-state index in [0.29, 0.717) is 11.3 Å². The van der Waals surface area contributed by atoms with Crippen molar-refractivity contribution in [1.29, 1.82) is 0 Å². The van der Waals surface area contributed by atoms with E-state index in [1.54, 1.807) is 6.07 Å². The standard InChI is InChI=1S/C15H14ClF/c1-9-6-7-13(16)12-8-14(17)10-4-2-3-5-11(10)15(9)12/h2-5,8-9,13H,6-7H2,1H3. The van der Waals surface area contributed by atoms with Crippen LogP contribution in [0.3, 0.4) is 0 Å². The minimum atomic E-state index is -0.154. The summed E-state index contributed by atoms with van der Waals surface area (Å²) in [6.07, 6.45) is 2.02. The molecule has 0 saturated heterocycles. The molecule has 0 aliphatic heterocycles. The summed E-state index contributed by atoms with van der Waals surface area (Å²) in [5.74, 6) is 0.310. The summed E-state index contributed by atoms with van der Waals surface area (Å²) < 4.78 is 14.0. The number of hydrogen-bond acceptors (Lipinski definition) is 0. The van der Waals surface area contributed by atoms with E-state index in [4.69, 9.17) is 11.6 Å². The highest BCUT2D eigenvalue weighted by Crippen LogP contribution is 2.44. The quantitative estimate of drug-likeness (QED) is 0.565. The molecule has 0 heterocycles. The van der Waals surface area contributed by atoms with Gasteiger partial charge in [-0.25, -0.2) is 4.39 Å². The molecule has 0 spiro atoms. The minimum Gasteiger partial charge on any atom is -0.206 e. The molecule has 0 N–H and O–H groups in total. The Morgan fingerprint density at radius 3 is 2.65 bits per heavy atom. The summed E-state index contributed by atoms with van der Waals surface area (Å²) >= 11 is 6.32. The third-order valence-electron chi connectivity index (χ3n) is 3.75. The van der Waals surface area contributed by atoms with E-state index in [1.807, 2.05) is 24.3 Å². The highest BCUT2D eigenvalue weighted by atomic mass is 35.5. The highest BCUT2D eigenvalue weighted by molar-refractivity contribution is 6.21. The van der Waals surface area contributed by atoms with Crippen molar-refractivity contribution in [2.75, 3.05) is 0 Å². The lowest BCUT2D eigenvalue weighted by atomic mass is 9.80. The highest BCUT2D eigenvalue weighted by Gasteiger charge is 2.26. The third-order valence-corrected chi connectivity index (χ3v) is 4.20. The van der Waals surface area contributed by atoms with Crippen LogP contribution >= 0.6 is 11.6 Å². The zero-order valence-corrected chi connectivity index (χ0v) is 10.5. The second-order valence-electron chi connectivity index (χ2n) is 4.85. The SMILES string of the molecule is CC1CCC(Cl)c2cc(F)c3ccccc3c21. The van der Waals surface area contributed by atoms with Gasteiger partial charge in [0.05, 0.1) is 5.38 Å². The van der Waals surface area contributed by atoms with Crippen LogP contribution in [0.25, 0.3) is 10.8 Å². The van der Waals surface area contributed by atoms with Gasteiger partial charge in [0, 0.05) is 5.39 Å². The first kappa shape index (κ1) is 11.0. The molecule has 0 saturated carbocycles. The average molecular weight is 249 g/mol. The molecule has 17 heavy (non-hydrogen) atoms. The van der Waals surface area contributed by atoms with Gasteiger partial charge < -0.3 is 0 Å². The molecule has 2 aromatic carbocycles. The summed E-state index contributed by atoms with van der Waals surface area (Å²) in [6, 6.07) is 9.32. The first-order chi connectivity index (χ1) is 8.18. The Balaban J connectivity index is 2.41. The number of rotatable bonds is 0. The first-order valence-electron chi connectivity index (χ1n) is 6.03. The Hall–Kier alpha value is -1.08. The van der Waals surface area contributed by atoms with Crippen molar-refractivity contribution in [3.63, 3.8) is 0 Å². The van der Waals surface area contributed by atoms with Gasteiger partial charge in [-0.1, -0.05) is 31.2 Å². The summed E-state index contributed by atoms with van der Waals surface area (Å²) in [5.41, 5.74) is 2.23. The predicted octanol–water partition coefficient (Wildman–Crippen LogP) is 5.16. The van der Waals surface area contributed by atoms with Gasteiger partial charge in [0.2, 0.25) is 0 Å². The van der Waals surface area contributed by atoms with Crippen LogP contribution in [0.5, 0.6) is 0 Å². The fraction of sp³-hybridized carbons (Fsp3) is 0.333. The van der Waals surface area contributed by atoms with Gasteiger partial charge in [0.25, 0.3) is 0 Å². The molecule has 3 rings (SSSR count).